The SMILES string of the molecule is CNCc1cccc(S(=O)(=O)NCC(C)(C)CN(C)C)c1. The molecule has 21 heavy (non-hydrogen) atoms. The second kappa shape index (κ2) is 7.35. The average molecular weight is 313 g/mol. The maximum Gasteiger partial charge on any atom is 0.240 e. The maximum atomic E-state index is 12.4. The van der Waals surface area contributed by atoms with E-state index in [4.69, 9.17) is 0 Å². The molecule has 0 aliphatic carbocycles. The molecular formula is C15H27N3O2S. The van der Waals surface area contributed by atoms with E-state index in [0.29, 0.717) is 18.0 Å². The van der Waals surface area contributed by atoms with E-state index in [1.165, 1.54) is 0 Å². The Morgan fingerprint density at radius 1 is 1.24 bits per heavy atom. The Bertz CT molecular complexity index is 554. The fourth-order valence-electron chi connectivity index (χ4n) is 2.31. The highest BCUT2D eigenvalue weighted by Crippen LogP contribution is 2.17. The summed E-state index contributed by atoms with van der Waals surface area (Å²) in [5.41, 5.74) is 0.826. The molecule has 0 fully saturated rings. The molecule has 120 valence electrons. The molecule has 0 saturated carbocycles. The first kappa shape index (κ1) is 18.1. The monoisotopic (exact) mass is 313 g/mol. The summed E-state index contributed by atoms with van der Waals surface area (Å²) in [6, 6.07) is 7.01. The highest BCUT2D eigenvalue weighted by Gasteiger charge is 2.23. The van der Waals surface area contributed by atoms with Crippen LogP contribution in [0.2, 0.25) is 0 Å². The number of nitrogens with one attached hydrogen (secondary N) is 2. The lowest BCUT2D eigenvalue weighted by atomic mass is 9.93. The third-order valence-electron chi connectivity index (χ3n) is 3.07. The molecule has 0 aliphatic rings. The first-order chi connectivity index (χ1) is 9.66. The van der Waals surface area contributed by atoms with E-state index < -0.39 is 10.0 Å². The van der Waals surface area contributed by atoms with Crippen LogP contribution in [0.4, 0.5) is 0 Å². The van der Waals surface area contributed by atoms with Crippen LogP contribution < -0.4 is 10.0 Å². The fourth-order valence-corrected chi connectivity index (χ4v) is 3.62. The first-order valence-corrected chi connectivity index (χ1v) is 8.52. The normalized spacial score (nSPS) is 12.9. The summed E-state index contributed by atoms with van der Waals surface area (Å²) in [6.45, 7) is 5.97. The summed E-state index contributed by atoms with van der Waals surface area (Å²) in [7, 11) is 2.34. The fraction of sp³-hybridized carbons (Fsp3) is 0.600. The highest BCUT2D eigenvalue weighted by molar-refractivity contribution is 7.89. The lowest BCUT2D eigenvalue weighted by molar-refractivity contribution is 0.242. The third-order valence-corrected chi connectivity index (χ3v) is 4.47. The van der Waals surface area contributed by atoms with Crippen molar-refractivity contribution in [1.29, 1.82) is 0 Å². The van der Waals surface area contributed by atoms with Gasteiger partial charge in [0.2, 0.25) is 10.0 Å². The molecule has 0 saturated heterocycles. The standard InChI is InChI=1S/C15H27N3O2S/c1-15(2,12-18(4)5)11-17-21(19,20)14-8-6-7-13(9-14)10-16-3/h6-9,16-17H,10-12H2,1-5H3. The Morgan fingerprint density at radius 3 is 2.48 bits per heavy atom. The summed E-state index contributed by atoms with van der Waals surface area (Å²) < 4.78 is 27.5. The zero-order valence-electron chi connectivity index (χ0n) is 13.6. The van der Waals surface area contributed by atoms with Crippen LogP contribution in [0.3, 0.4) is 0 Å². The Balaban J connectivity index is 2.80. The van der Waals surface area contributed by atoms with Crippen LogP contribution in [0.15, 0.2) is 29.2 Å². The van der Waals surface area contributed by atoms with Crippen molar-refractivity contribution in [2.75, 3.05) is 34.2 Å². The molecule has 6 heteroatoms. The van der Waals surface area contributed by atoms with Gasteiger partial charge >= 0.3 is 0 Å². The van der Waals surface area contributed by atoms with Gasteiger partial charge in [0.05, 0.1) is 4.90 Å². The number of rotatable bonds is 8. The topological polar surface area (TPSA) is 61.4 Å². The van der Waals surface area contributed by atoms with Gasteiger partial charge in [0.1, 0.15) is 0 Å². The Kier molecular flexibility index (Phi) is 6.34. The van der Waals surface area contributed by atoms with Crippen molar-refractivity contribution < 1.29 is 8.42 Å². The summed E-state index contributed by atoms with van der Waals surface area (Å²) in [6.07, 6.45) is 0. The molecule has 0 aromatic heterocycles. The van der Waals surface area contributed by atoms with Crippen LogP contribution in [0, 0.1) is 5.41 Å². The van der Waals surface area contributed by atoms with Gasteiger partial charge in [-0.05, 0) is 44.3 Å². The van der Waals surface area contributed by atoms with Gasteiger partial charge in [-0.1, -0.05) is 26.0 Å². The molecule has 1 rings (SSSR count). The van der Waals surface area contributed by atoms with Gasteiger partial charge in [-0.15, -0.1) is 0 Å². The zero-order valence-corrected chi connectivity index (χ0v) is 14.4. The number of hydrogen-bond donors (Lipinski definition) is 2. The Hall–Kier alpha value is -0.950. The van der Waals surface area contributed by atoms with Crippen molar-refractivity contribution in [1.82, 2.24) is 14.9 Å². The molecule has 0 atom stereocenters. The molecule has 2 N–H and O–H groups in total. The maximum absolute atomic E-state index is 12.4. The van der Waals surface area contributed by atoms with Crippen LogP contribution in [-0.2, 0) is 16.6 Å². The summed E-state index contributed by atoms with van der Waals surface area (Å²) >= 11 is 0. The van der Waals surface area contributed by atoms with Crippen molar-refractivity contribution in [3.05, 3.63) is 29.8 Å². The quantitative estimate of drug-likeness (QED) is 0.759. The van der Waals surface area contributed by atoms with Crippen LogP contribution in [0.1, 0.15) is 19.4 Å². The summed E-state index contributed by atoms with van der Waals surface area (Å²) in [4.78, 5) is 2.37. The molecule has 0 aliphatic heterocycles. The lowest BCUT2D eigenvalue weighted by Gasteiger charge is -2.28. The van der Waals surface area contributed by atoms with Gasteiger partial charge < -0.3 is 10.2 Å². The summed E-state index contributed by atoms with van der Waals surface area (Å²) in [5, 5.41) is 3.02. The summed E-state index contributed by atoms with van der Waals surface area (Å²) in [5.74, 6) is 0. The van der Waals surface area contributed by atoms with Crippen molar-refractivity contribution in [3.63, 3.8) is 0 Å². The van der Waals surface area contributed by atoms with Crippen LogP contribution in [0.25, 0.3) is 0 Å². The smallest absolute Gasteiger partial charge is 0.240 e. The van der Waals surface area contributed by atoms with Crippen molar-refractivity contribution >= 4 is 10.0 Å². The molecule has 5 nitrogen and oxygen atoms in total. The van der Waals surface area contributed by atoms with Gasteiger partial charge in [-0.2, -0.15) is 0 Å². The minimum Gasteiger partial charge on any atom is -0.316 e. The number of sulfonamides is 1. The molecule has 1 aromatic carbocycles. The van der Waals surface area contributed by atoms with Gasteiger partial charge in [-0.25, -0.2) is 13.1 Å². The number of benzene rings is 1. The van der Waals surface area contributed by atoms with E-state index in [-0.39, 0.29) is 5.41 Å². The second-order valence-corrected chi connectivity index (χ2v) is 8.17. The molecule has 0 spiro atoms. The third kappa shape index (κ3) is 6.13. The minimum atomic E-state index is -3.47. The lowest BCUT2D eigenvalue weighted by Crippen LogP contribution is -2.39. The minimum absolute atomic E-state index is 0.126. The predicted molar refractivity (Wildman–Crippen MR) is 86.7 cm³/mol. The molecule has 0 bridgehead atoms. The van der Waals surface area contributed by atoms with Gasteiger partial charge in [-0.3, -0.25) is 0 Å². The van der Waals surface area contributed by atoms with E-state index in [9.17, 15) is 8.42 Å². The van der Waals surface area contributed by atoms with E-state index in [0.717, 1.165) is 12.1 Å². The van der Waals surface area contributed by atoms with E-state index in [1.54, 1.807) is 18.2 Å². The van der Waals surface area contributed by atoms with Gasteiger partial charge in [0, 0.05) is 19.6 Å². The van der Waals surface area contributed by atoms with Gasteiger partial charge in [0.15, 0.2) is 0 Å². The van der Waals surface area contributed by atoms with Crippen molar-refractivity contribution in [2.45, 2.75) is 25.3 Å². The van der Waals surface area contributed by atoms with E-state index in [2.05, 4.69) is 14.9 Å². The molecule has 0 amide bonds. The Labute approximate surface area is 128 Å². The molecule has 1 aromatic rings. The van der Waals surface area contributed by atoms with Crippen molar-refractivity contribution in [3.8, 4) is 0 Å². The highest BCUT2D eigenvalue weighted by atomic mass is 32.2. The number of nitrogens with zero attached hydrogens (tertiary/aromatic N) is 1. The second-order valence-electron chi connectivity index (χ2n) is 6.40. The van der Waals surface area contributed by atoms with E-state index in [1.807, 2.05) is 41.1 Å². The molecule has 0 unspecified atom stereocenters. The zero-order chi connectivity index (χ0) is 16.1. The largest absolute Gasteiger partial charge is 0.316 e. The van der Waals surface area contributed by atoms with Crippen LogP contribution in [-0.4, -0.2) is 47.6 Å². The molecule has 0 radical (unpaired) electrons. The van der Waals surface area contributed by atoms with Crippen LogP contribution >= 0.6 is 0 Å². The van der Waals surface area contributed by atoms with E-state index >= 15 is 0 Å². The molecule has 0 heterocycles. The predicted octanol–water partition coefficient (Wildman–Crippen LogP) is 1.27. The Morgan fingerprint density at radius 2 is 1.90 bits per heavy atom. The van der Waals surface area contributed by atoms with Crippen LogP contribution in [0.5, 0.6) is 0 Å². The molecular weight excluding hydrogens is 286 g/mol. The first-order valence-electron chi connectivity index (χ1n) is 7.04. The van der Waals surface area contributed by atoms with Gasteiger partial charge in [0.25, 0.3) is 0 Å². The van der Waals surface area contributed by atoms with Crippen molar-refractivity contribution in [2.24, 2.45) is 5.41 Å². The average Bonchev–Trinajstić information content (AvgIpc) is 2.36. The number of hydrogen-bond acceptors (Lipinski definition) is 4.